The van der Waals surface area contributed by atoms with Crippen LogP contribution in [0.15, 0.2) is 53.4 Å². The van der Waals surface area contributed by atoms with Gasteiger partial charge in [-0.25, -0.2) is 12.8 Å². The molecule has 0 spiro atoms. The lowest BCUT2D eigenvalue weighted by Crippen LogP contribution is -2.41. The molecule has 0 aliphatic heterocycles. The van der Waals surface area contributed by atoms with Crippen molar-refractivity contribution in [3.8, 4) is 5.75 Å². The summed E-state index contributed by atoms with van der Waals surface area (Å²) in [6, 6.07) is 10.3. The van der Waals surface area contributed by atoms with Gasteiger partial charge in [-0.2, -0.15) is 0 Å². The summed E-state index contributed by atoms with van der Waals surface area (Å²) in [5.41, 5.74) is 1.79. The van der Waals surface area contributed by atoms with Gasteiger partial charge in [-0.1, -0.05) is 24.3 Å². The minimum Gasteiger partial charge on any atom is -0.507 e. The van der Waals surface area contributed by atoms with E-state index >= 15 is 0 Å². The SMILES string of the molecule is O=C(NNS(=O)(=O)c1ccccc1F)c1ccccc1O. The number of phenolic OH excluding ortho intramolecular Hbond substituents is 1. The Morgan fingerprint density at radius 1 is 1.05 bits per heavy atom. The average molecular weight is 310 g/mol. The van der Waals surface area contributed by atoms with E-state index in [9.17, 15) is 22.7 Å². The second-order valence-corrected chi connectivity index (χ2v) is 5.66. The number of hydrogen-bond donors (Lipinski definition) is 3. The summed E-state index contributed by atoms with van der Waals surface area (Å²) in [7, 11) is -4.25. The number of carbonyl (C=O) groups is 1. The number of hydrogen-bond acceptors (Lipinski definition) is 4. The molecule has 2 aromatic carbocycles. The molecule has 0 aliphatic rings. The number of phenols is 1. The number of rotatable bonds is 4. The quantitative estimate of drug-likeness (QED) is 0.738. The van der Waals surface area contributed by atoms with Crippen LogP contribution in [-0.2, 0) is 10.0 Å². The topological polar surface area (TPSA) is 95.5 Å². The molecule has 0 bridgehead atoms. The Morgan fingerprint density at radius 3 is 2.33 bits per heavy atom. The van der Waals surface area contributed by atoms with Crippen molar-refractivity contribution in [3.05, 3.63) is 59.9 Å². The zero-order valence-electron chi connectivity index (χ0n) is 10.6. The summed E-state index contributed by atoms with van der Waals surface area (Å²) in [5.74, 6) is -2.12. The molecule has 0 atom stereocenters. The lowest BCUT2D eigenvalue weighted by molar-refractivity contribution is 0.0942. The first kappa shape index (κ1) is 14.9. The summed E-state index contributed by atoms with van der Waals surface area (Å²) < 4.78 is 37.1. The van der Waals surface area contributed by atoms with Crippen molar-refractivity contribution in [2.75, 3.05) is 0 Å². The Balaban J connectivity index is 2.15. The molecule has 0 unspecified atom stereocenters. The van der Waals surface area contributed by atoms with E-state index in [0.717, 1.165) is 12.1 Å². The first-order valence-electron chi connectivity index (χ1n) is 5.76. The lowest BCUT2D eigenvalue weighted by atomic mass is 10.2. The normalized spacial score (nSPS) is 11.1. The van der Waals surface area contributed by atoms with E-state index in [1.165, 1.54) is 36.4 Å². The predicted octanol–water partition coefficient (Wildman–Crippen LogP) is 1.15. The highest BCUT2D eigenvalue weighted by molar-refractivity contribution is 7.89. The van der Waals surface area contributed by atoms with Crippen LogP contribution in [0.1, 0.15) is 10.4 Å². The minimum absolute atomic E-state index is 0.117. The molecule has 0 saturated heterocycles. The largest absolute Gasteiger partial charge is 0.507 e. The maximum atomic E-state index is 13.4. The molecule has 0 aliphatic carbocycles. The monoisotopic (exact) mass is 310 g/mol. The maximum Gasteiger partial charge on any atom is 0.269 e. The zero-order valence-corrected chi connectivity index (χ0v) is 11.4. The summed E-state index contributed by atoms with van der Waals surface area (Å²) in [5, 5.41) is 9.47. The minimum atomic E-state index is -4.25. The van der Waals surface area contributed by atoms with Gasteiger partial charge in [0, 0.05) is 0 Å². The van der Waals surface area contributed by atoms with Gasteiger partial charge in [0.2, 0.25) is 0 Å². The van der Waals surface area contributed by atoms with Gasteiger partial charge < -0.3 is 5.11 Å². The van der Waals surface area contributed by atoms with Crippen LogP contribution in [0.5, 0.6) is 5.75 Å². The van der Waals surface area contributed by atoms with Gasteiger partial charge in [-0.3, -0.25) is 10.2 Å². The molecule has 2 rings (SSSR count). The van der Waals surface area contributed by atoms with Gasteiger partial charge in [-0.15, -0.1) is 4.83 Å². The molecule has 0 aromatic heterocycles. The molecular formula is C13H11FN2O4S. The molecule has 6 nitrogen and oxygen atoms in total. The van der Waals surface area contributed by atoms with Gasteiger partial charge in [0.25, 0.3) is 15.9 Å². The van der Waals surface area contributed by atoms with Crippen molar-refractivity contribution in [3.63, 3.8) is 0 Å². The highest BCUT2D eigenvalue weighted by Gasteiger charge is 2.20. The van der Waals surface area contributed by atoms with Crippen LogP contribution in [-0.4, -0.2) is 19.4 Å². The summed E-state index contributed by atoms with van der Waals surface area (Å²) in [4.78, 5) is 12.9. The molecule has 0 radical (unpaired) electrons. The number of nitrogens with one attached hydrogen (secondary N) is 2. The van der Waals surface area contributed by atoms with Crippen LogP contribution >= 0.6 is 0 Å². The molecule has 1 amide bonds. The van der Waals surface area contributed by atoms with Crippen LogP contribution in [0.3, 0.4) is 0 Å². The van der Waals surface area contributed by atoms with E-state index in [1.54, 1.807) is 4.83 Å². The Bertz CT molecular complexity index is 777. The molecule has 0 heterocycles. The number of hydrazine groups is 1. The molecule has 3 N–H and O–H groups in total. The third-order valence-corrected chi connectivity index (χ3v) is 3.85. The Labute approximate surface area is 120 Å². The van der Waals surface area contributed by atoms with Crippen molar-refractivity contribution in [2.24, 2.45) is 0 Å². The number of sulfonamides is 1. The fourth-order valence-electron chi connectivity index (χ4n) is 1.56. The van der Waals surface area contributed by atoms with Crippen LogP contribution in [0.4, 0.5) is 4.39 Å². The average Bonchev–Trinajstić information content (AvgIpc) is 2.45. The second kappa shape index (κ2) is 5.90. The van der Waals surface area contributed by atoms with Gasteiger partial charge in [-0.05, 0) is 24.3 Å². The van der Waals surface area contributed by atoms with E-state index in [2.05, 4.69) is 0 Å². The van der Waals surface area contributed by atoms with Crippen molar-refractivity contribution >= 4 is 15.9 Å². The van der Waals surface area contributed by atoms with Crippen LogP contribution < -0.4 is 10.3 Å². The predicted molar refractivity (Wildman–Crippen MR) is 72.3 cm³/mol. The molecule has 21 heavy (non-hydrogen) atoms. The number of benzene rings is 2. The van der Waals surface area contributed by atoms with Gasteiger partial charge in [0.1, 0.15) is 16.5 Å². The number of amides is 1. The first-order valence-corrected chi connectivity index (χ1v) is 7.25. The Morgan fingerprint density at radius 2 is 1.67 bits per heavy atom. The number of para-hydroxylation sites is 1. The van der Waals surface area contributed by atoms with Crippen molar-refractivity contribution in [1.29, 1.82) is 0 Å². The number of aromatic hydroxyl groups is 1. The fraction of sp³-hybridized carbons (Fsp3) is 0. The summed E-state index contributed by atoms with van der Waals surface area (Å²) >= 11 is 0. The molecule has 2 aromatic rings. The zero-order chi connectivity index (χ0) is 15.5. The van der Waals surface area contributed by atoms with Gasteiger partial charge in [0.05, 0.1) is 5.56 Å². The number of halogens is 1. The Hall–Kier alpha value is -2.45. The highest BCUT2D eigenvalue weighted by atomic mass is 32.2. The van der Waals surface area contributed by atoms with Gasteiger partial charge in [0.15, 0.2) is 0 Å². The first-order chi connectivity index (χ1) is 9.92. The summed E-state index contributed by atoms with van der Waals surface area (Å²) in [6.45, 7) is 0. The van der Waals surface area contributed by atoms with Crippen LogP contribution in [0, 0.1) is 5.82 Å². The maximum absolute atomic E-state index is 13.4. The van der Waals surface area contributed by atoms with Crippen molar-refractivity contribution < 1.29 is 22.7 Å². The molecule has 110 valence electrons. The Kier molecular flexibility index (Phi) is 4.20. The smallest absolute Gasteiger partial charge is 0.269 e. The van der Waals surface area contributed by atoms with Crippen LogP contribution in [0.25, 0.3) is 0 Å². The third kappa shape index (κ3) is 3.36. The van der Waals surface area contributed by atoms with E-state index in [1.807, 2.05) is 5.43 Å². The lowest BCUT2D eigenvalue weighted by Gasteiger charge is -2.09. The molecule has 8 heteroatoms. The van der Waals surface area contributed by atoms with E-state index in [-0.39, 0.29) is 11.3 Å². The highest BCUT2D eigenvalue weighted by Crippen LogP contribution is 2.15. The fourth-order valence-corrected chi connectivity index (χ4v) is 2.48. The van der Waals surface area contributed by atoms with Crippen molar-refractivity contribution in [2.45, 2.75) is 4.90 Å². The molecular weight excluding hydrogens is 299 g/mol. The van der Waals surface area contributed by atoms with E-state index in [4.69, 9.17) is 0 Å². The second-order valence-electron chi connectivity index (χ2n) is 4.01. The van der Waals surface area contributed by atoms with Gasteiger partial charge >= 0.3 is 0 Å². The van der Waals surface area contributed by atoms with E-state index in [0.29, 0.717) is 0 Å². The van der Waals surface area contributed by atoms with Crippen molar-refractivity contribution in [1.82, 2.24) is 10.3 Å². The molecule has 0 fully saturated rings. The standard InChI is InChI=1S/C13H11FN2O4S/c14-10-6-2-4-8-12(10)21(19,20)16-15-13(18)9-5-1-3-7-11(9)17/h1-8,16-17H,(H,15,18). The van der Waals surface area contributed by atoms with Crippen LogP contribution in [0.2, 0.25) is 0 Å². The number of carbonyl (C=O) groups excluding carboxylic acids is 1. The molecule has 0 saturated carbocycles. The summed E-state index contributed by atoms with van der Waals surface area (Å²) in [6.07, 6.45) is 0. The van der Waals surface area contributed by atoms with E-state index < -0.39 is 26.6 Å². The third-order valence-electron chi connectivity index (χ3n) is 2.57.